The van der Waals surface area contributed by atoms with Gasteiger partial charge in [-0.2, -0.15) is 0 Å². The van der Waals surface area contributed by atoms with Crippen LogP contribution >= 0.6 is 27.5 Å². The normalized spacial score (nSPS) is 13.6. The van der Waals surface area contributed by atoms with Crippen molar-refractivity contribution in [2.75, 3.05) is 7.09 Å². The van der Waals surface area contributed by atoms with Gasteiger partial charge < -0.3 is 4.74 Å². The van der Waals surface area contributed by atoms with Gasteiger partial charge in [-0.25, -0.2) is 8.78 Å². The van der Waals surface area contributed by atoms with Crippen LogP contribution in [-0.4, -0.2) is 7.09 Å². The lowest BCUT2D eigenvalue weighted by Gasteiger charge is -2.08. The molecule has 0 spiro atoms. The van der Waals surface area contributed by atoms with Crippen molar-refractivity contribution in [1.82, 2.24) is 0 Å². The Kier molecular flexibility index (Phi) is 3.29. The molecule has 0 bridgehead atoms. The Bertz CT molecular complexity index is 689. The maximum absolute atomic E-state index is 13.9. The molecule has 0 saturated heterocycles. The molecule has 0 unspecified atom stereocenters. The molecule has 0 radical (unpaired) electrons. The molecule has 0 N–H and O–H groups in total. The fraction of sp³-hybridized carbons (Fsp3) is 0.143. The third kappa shape index (κ3) is 3.25. The molecular formula is C14H10BrClF2O. The number of methoxy groups -OCH3 is 1. The van der Waals surface area contributed by atoms with E-state index in [9.17, 15) is 8.78 Å². The Morgan fingerprint density at radius 3 is 2.63 bits per heavy atom. The highest BCUT2D eigenvalue weighted by molar-refractivity contribution is 9.10. The zero-order chi connectivity index (χ0) is 16.5. The molecule has 2 aromatic carbocycles. The molecule has 0 aliphatic carbocycles. The van der Waals surface area contributed by atoms with Crippen molar-refractivity contribution in [3.05, 3.63) is 62.6 Å². The third-order valence-corrected chi connectivity index (χ3v) is 3.17. The molecule has 1 nitrogen and oxygen atoms in total. The number of hydrogen-bond donors (Lipinski definition) is 0. The largest absolute Gasteiger partial charge is 0.491 e. The van der Waals surface area contributed by atoms with Gasteiger partial charge in [0, 0.05) is 12.2 Å². The fourth-order valence-corrected chi connectivity index (χ4v) is 2.04. The summed E-state index contributed by atoms with van der Waals surface area (Å²) in [5, 5.41) is 0.139. The van der Waals surface area contributed by atoms with Crippen LogP contribution in [-0.2, 0) is 6.37 Å². The van der Waals surface area contributed by atoms with E-state index in [0.29, 0.717) is 4.47 Å². The van der Waals surface area contributed by atoms with Crippen LogP contribution in [0.25, 0.3) is 0 Å². The number of halogens is 4. The van der Waals surface area contributed by atoms with E-state index in [4.69, 9.17) is 15.7 Å². The number of rotatable bonds is 3. The van der Waals surface area contributed by atoms with E-state index in [1.807, 2.05) is 0 Å². The topological polar surface area (TPSA) is 9.23 Å². The average Bonchev–Trinajstić information content (AvgIpc) is 2.45. The van der Waals surface area contributed by atoms with Gasteiger partial charge in [-0.3, -0.25) is 0 Å². The first-order valence-electron chi connectivity index (χ1n) is 6.85. The van der Waals surface area contributed by atoms with Gasteiger partial charge >= 0.3 is 0 Å². The molecule has 100 valence electrons. The van der Waals surface area contributed by atoms with Crippen molar-refractivity contribution in [1.29, 1.82) is 0 Å². The zero-order valence-electron chi connectivity index (χ0n) is 12.5. The summed E-state index contributed by atoms with van der Waals surface area (Å²) < 4.78 is 56.0. The molecule has 0 aliphatic heterocycles. The smallest absolute Gasteiger partial charge is 0.190 e. The Morgan fingerprint density at radius 2 is 2.00 bits per heavy atom. The second-order valence-electron chi connectivity index (χ2n) is 3.66. The van der Waals surface area contributed by atoms with Gasteiger partial charge in [0.1, 0.15) is 0 Å². The van der Waals surface area contributed by atoms with Gasteiger partial charge in [0.25, 0.3) is 0 Å². The summed E-state index contributed by atoms with van der Waals surface area (Å²) in [4.78, 5) is 0. The molecule has 5 heteroatoms. The Balaban J connectivity index is 2.56. The Hall–Kier alpha value is -1.13. The van der Waals surface area contributed by atoms with E-state index in [2.05, 4.69) is 20.7 Å². The molecule has 0 amide bonds. The molecule has 0 atom stereocenters. The highest BCUT2D eigenvalue weighted by Crippen LogP contribution is 2.27. The zero-order valence-corrected chi connectivity index (χ0v) is 11.9. The molecule has 0 heterocycles. The average molecular weight is 351 g/mol. The van der Waals surface area contributed by atoms with Crippen LogP contribution in [0.1, 0.15) is 15.2 Å². The number of benzene rings is 2. The third-order valence-electron chi connectivity index (χ3n) is 2.35. The lowest BCUT2D eigenvalue weighted by molar-refractivity contribution is 0.359. The van der Waals surface area contributed by atoms with Crippen molar-refractivity contribution in [3.63, 3.8) is 0 Å². The summed E-state index contributed by atoms with van der Waals surface area (Å²) in [6, 6.07) is 6.25. The standard InChI is InChI=1S/C14H10BrClF2O/c1-19-14-12(17)5-8(6-13(14)18)4-9-7-10(15)2-3-11(9)16/h2-3,5-7H,4H2,1H3/i1D,4D2. The maximum atomic E-state index is 13.9. The number of ether oxygens (including phenoxy) is 1. The molecule has 0 fully saturated rings. The fourth-order valence-electron chi connectivity index (χ4n) is 1.52. The Morgan fingerprint density at radius 1 is 1.32 bits per heavy atom. The first-order chi connectivity index (χ1) is 10.3. The van der Waals surface area contributed by atoms with Crippen LogP contribution in [0, 0.1) is 11.6 Å². The first kappa shape index (κ1) is 10.6. The maximum Gasteiger partial charge on any atom is 0.190 e. The van der Waals surface area contributed by atoms with Gasteiger partial charge in [0.15, 0.2) is 17.4 Å². The van der Waals surface area contributed by atoms with Crippen LogP contribution in [0.3, 0.4) is 0 Å². The van der Waals surface area contributed by atoms with Crippen LogP contribution in [0.4, 0.5) is 8.78 Å². The molecule has 0 aliphatic rings. The SMILES string of the molecule is [2H]COc1c(F)cc(C([2H])([2H])c2cc(Br)ccc2Cl)cc1F. The van der Waals surface area contributed by atoms with Crippen LogP contribution < -0.4 is 4.74 Å². The van der Waals surface area contributed by atoms with E-state index in [1.165, 1.54) is 12.1 Å². The second kappa shape index (κ2) is 5.88. The lowest BCUT2D eigenvalue weighted by Crippen LogP contribution is -1.97. The van der Waals surface area contributed by atoms with Crippen LogP contribution in [0.2, 0.25) is 5.02 Å². The molecule has 0 saturated carbocycles. The van der Waals surface area contributed by atoms with E-state index >= 15 is 0 Å². The van der Waals surface area contributed by atoms with Crippen molar-refractivity contribution >= 4 is 27.5 Å². The monoisotopic (exact) mass is 349 g/mol. The second-order valence-corrected chi connectivity index (χ2v) is 4.99. The Labute approximate surface area is 127 Å². The molecular weight excluding hydrogens is 338 g/mol. The summed E-state index contributed by atoms with van der Waals surface area (Å²) in [5.41, 5.74) is -0.156. The van der Waals surface area contributed by atoms with Gasteiger partial charge in [-0.1, -0.05) is 27.5 Å². The molecule has 2 rings (SSSR count). The van der Waals surface area contributed by atoms with Gasteiger partial charge in [-0.05, 0) is 47.8 Å². The van der Waals surface area contributed by atoms with Gasteiger partial charge in [-0.15, -0.1) is 0 Å². The lowest BCUT2D eigenvalue weighted by atomic mass is 10.0. The van der Waals surface area contributed by atoms with E-state index in [1.54, 1.807) is 6.07 Å². The summed E-state index contributed by atoms with van der Waals surface area (Å²) >= 11 is 9.20. The minimum Gasteiger partial charge on any atom is -0.491 e. The minimum atomic E-state index is -2.21. The molecule has 19 heavy (non-hydrogen) atoms. The molecule has 0 aromatic heterocycles. The van der Waals surface area contributed by atoms with E-state index in [0.717, 1.165) is 12.1 Å². The summed E-state index contributed by atoms with van der Waals surface area (Å²) in [7, 11) is -0.641. The summed E-state index contributed by atoms with van der Waals surface area (Å²) in [5.74, 6) is -2.84. The van der Waals surface area contributed by atoms with Crippen molar-refractivity contribution in [2.24, 2.45) is 0 Å². The van der Waals surface area contributed by atoms with Crippen LogP contribution in [0.15, 0.2) is 34.8 Å². The van der Waals surface area contributed by atoms with Gasteiger partial charge in [0.2, 0.25) is 0 Å². The summed E-state index contributed by atoms with van der Waals surface area (Å²) in [6.07, 6.45) is -2.21. The minimum absolute atomic E-state index is 0.0801. The summed E-state index contributed by atoms with van der Waals surface area (Å²) in [6.45, 7) is 0. The predicted molar refractivity (Wildman–Crippen MR) is 74.9 cm³/mol. The first-order valence-corrected chi connectivity index (χ1v) is 6.31. The number of hydrogen-bond acceptors (Lipinski definition) is 1. The van der Waals surface area contributed by atoms with Gasteiger partial charge in [0.05, 0.1) is 8.46 Å². The molecule has 2 aromatic rings. The quantitative estimate of drug-likeness (QED) is 0.758. The van der Waals surface area contributed by atoms with E-state index < -0.39 is 30.8 Å². The van der Waals surface area contributed by atoms with Crippen LogP contribution in [0.5, 0.6) is 5.75 Å². The predicted octanol–water partition coefficient (Wildman–Crippen LogP) is 4.98. The van der Waals surface area contributed by atoms with Crippen molar-refractivity contribution < 1.29 is 17.6 Å². The highest BCUT2D eigenvalue weighted by Gasteiger charge is 2.12. The van der Waals surface area contributed by atoms with Crippen molar-refractivity contribution in [2.45, 2.75) is 6.37 Å². The van der Waals surface area contributed by atoms with Crippen molar-refractivity contribution in [3.8, 4) is 5.75 Å². The highest BCUT2D eigenvalue weighted by atomic mass is 79.9. The van der Waals surface area contributed by atoms with E-state index in [-0.39, 0.29) is 16.1 Å².